The van der Waals surface area contributed by atoms with Crippen LogP contribution in [0.1, 0.15) is 111 Å². The van der Waals surface area contributed by atoms with E-state index in [-0.39, 0.29) is 23.8 Å². The number of terminal acetylenes is 1. The third-order valence-electron chi connectivity index (χ3n) is 5.88. The number of nitrogens with one attached hydrogen (secondary N) is 2. The number of amides is 3. The van der Waals surface area contributed by atoms with Gasteiger partial charge in [0.15, 0.2) is 0 Å². The molecular formula is C31H49N3O4. The van der Waals surface area contributed by atoms with Crippen LogP contribution in [0.2, 0.25) is 0 Å². The average Bonchev–Trinajstić information content (AvgIpc) is 2.80. The van der Waals surface area contributed by atoms with E-state index in [0.29, 0.717) is 24.1 Å². The molecule has 1 aromatic rings. The Morgan fingerprint density at radius 1 is 1.00 bits per heavy atom. The van der Waals surface area contributed by atoms with Crippen molar-refractivity contribution in [3.05, 3.63) is 35.4 Å². The van der Waals surface area contributed by atoms with E-state index >= 15 is 0 Å². The monoisotopic (exact) mass is 527 g/mol. The van der Waals surface area contributed by atoms with Gasteiger partial charge in [-0.3, -0.25) is 9.59 Å². The van der Waals surface area contributed by atoms with Gasteiger partial charge in [-0.05, 0) is 65.0 Å². The molecule has 38 heavy (non-hydrogen) atoms. The molecule has 0 saturated heterocycles. The molecule has 0 aliphatic rings. The Hall–Kier alpha value is -3.01. The van der Waals surface area contributed by atoms with E-state index in [4.69, 9.17) is 11.2 Å². The summed E-state index contributed by atoms with van der Waals surface area (Å²) in [6.07, 6.45) is 10.5. The first-order chi connectivity index (χ1) is 17.8. The average molecular weight is 528 g/mol. The second-order valence-electron chi connectivity index (χ2n) is 11.6. The summed E-state index contributed by atoms with van der Waals surface area (Å²) in [7, 11) is 0. The second-order valence-corrected chi connectivity index (χ2v) is 11.6. The largest absolute Gasteiger partial charge is 0.444 e. The Balaban J connectivity index is 3.54. The number of ether oxygens (including phenoxy) is 1. The van der Waals surface area contributed by atoms with Crippen molar-refractivity contribution in [2.45, 2.75) is 118 Å². The molecule has 0 radical (unpaired) electrons. The topological polar surface area (TPSA) is 87.7 Å². The van der Waals surface area contributed by atoms with Crippen LogP contribution in [0.3, 0.4) is 0 Å². The van der Waals surface area contributed by atoms with Gasteiger partial charge in [-0.1, -0.05) is 70.6 Å². The number of alkyl carbamates (subject to hydrolysis) is 1. The molecule has 2 atom stereocenters. The fourth-order valence-electron chi connectivity index (χ4n) is 4.28. The Kier molecular flexibility index (Phi) is 14.0. The molecule has 1 aromatic carbocycles. The fourth-order valence-corrected chi connectivity index (χ4v) is 4.28. The van der Waals surface area contributed by atoms with Crippen LogP contribution in [0, 0.1) is 18.3 Å². The van der Waals surface area contributed by atoms with E-state index in [9.17, 15) is 14.4 Å². The molecular weight excluding hydrogens is 478 g/mol. The van der Waals surface area contributed by atoms with Crippen LogP contribution in [-0.4, -0.2) is 47.0 Å². The molecule has 0 spiro atoms. The lowest BCUT2D eigenvalue weighted by atomic mass is 9.95. The second kappa shape index (κ2) is 16.1. The van der Waals surface area contributed by atoms with E-state index in [2.05, 4.69) is 23.5 Å². The summed E-state index contributed by atoms with van der Waals surface area (Å²) in [5.41, 5.74) is 0.441. The molecule has 0 aliphatic heterocycles. The zero-order valence-electron chi connectivity index (χ0n) is 24.7. The number of carbonyl (C=O) groups excluding carboxylic acids is 3. The number of unbranched alkanes of at least 4 members (excludes halogenated alkanes) is 4. The van der Waals surface area contributed by atoms with Crippen LogP contribution in [0.5, 0.6) is 0 Å². The van der Waals surface area contributed by atoms with Crippen molar-refractivity contribution in [1.82, 2.24) is 15.5 Å². The van der Waals surface area contributed by atoms with Gasteiger partial charge in [0, 0.05) is 18.2 Å². The van der Waals surface area contributed by atoms with Crippen LogP contribution in [0.25, 0.3) is 0 Å². The standard InChI is InChI=1S/C31H49N3O4/c1-10-12-13-14-17-20-34(29(36)26(21-22(3)4)33-30(37)38-31(7,8)9)27(28(35)32-23(5)6)25-19-16-15-18-24(25)11-2/h2,15-16,18-19,22-23,26-27H,10,12-14,17,20-21H2,1,3-9H3,(H,32,35)(H,33,37). The summed E-state index contributed by atoms with van der Waals surface area (Å²) in [5.74, 6) is 2.17. The highest BCUT2D eigenvalue weighted by Crippen LogP contribution is 2.27. The Morgan fingerprint density at radius 3 is 2.18 bits per heavy atom. The van der Waals surface area contributed by atoms with Crippen LogP contribution in [0.4, 0.5) is 4.79 Å². The minimum absolute atomic E-state index is 0.117. The molecule has 1 rings (SSSR count). The van der Waals surface area contributed by atoms with Crippen molar-refractivity contribution < 1.29 is 19.1 Å². The van der Waals surface area contributed by atoms with Crippen molar-refractivity contribution in [3.63, 3.8) is 0 Å². The van der Waals surface area contributed by atoms with E-state index in [1.54, 1.807) is 37.8 Å². The lowest BCUT2D eigenvalue weighted by Crippen LogP contribution is -2.54. The number of nitrogens with zero attached hydrogens (tertiary/aromatic N) is 1. The molecule has 3 amide bonds. The van der Waals surface area contributed by atoms with Gasteiger partial charge in [0.05, 0.1) is 0 Å². The smallest absolute Gasteiger partial charge is 0.408 e. The highest BCUT2D eigenvalue weighted by Gasteiger charge is 2.37. The predicted molar refractivity (Wildman–Crippen MR) is 153 cm³/mol. The first-order valence-electron chi connectivity index (χ1n) is 14.0. The van der Waals surface area contributed by atoms with Gasteiger partial charge in [0.25, 0.3) is 0 Å². The molecule has 0 aliphatic carbocycles. The van der Waals surface area contributed by atoms with Gasteiger partial charge in [-0.25, -0.2) is 4.79 Å². The normalized spacial score (nSPS) is 13.0. The summed E-state index contributed by atoms with van der Waals surface area (Å²) in [6.45, 7) is 15.6. The highest BCUT2D eigenvalue weighted by atomic mass is 16.6. The van der Waals surface area contributed by atoms with Crippen LogP contribution < -0.4 is 10.6 Å². The zero-order valence-corrected chi connectivity index (χ0v) is 24.7. The first-order valence-corrected chi connectivity index (χ1v) is 14.0. The molecule has 7 nitrogen and oxygen atoms in total. The summed E-state index contributed by atoms with van der Waals surface area (Å²) in [5, 5.41) is 5.76. The van der Waals surface area contributed by atoms with Crippen molar-refractivity contribution in [3.8, 4) is 12.3 Å². The molecule has 2 unspecified atom stereocenters. The highest BCUT2D eigenvalue weighted by molar-refractivity contribution is 5.92. The SMILES string of the molecule is C#Cc1ccccc1C(C(=O)NC(C)C)N(CCCCCCC)C(=O)C(CC(C)C)NC(=O)OC(C)(C)C. The van der Waals surface area contributed by atoms with Crippen LogP contribution in [-0.2, 0) is 14.3 Å². The van der Waals surface area contributed by atoms with Gasteiger partial charge in [0.2, 0.25) is 11.8 Å². The van der Waals surface area contributed by atoms with Crippen LogP contribution in [0.15, 0.2) is 24.3 Å². The number of benzene rings is 1. The van der Waals surface area contributed by atoms with E-state index in [0.717, 1.165) is 32.1 Å². The van der Waals surface area contributed by atoms with Gasteiger partial charge in [-0.2, -0.15) is 0 Å². The third kappa shape index (κ3) is 11.6. The van der Waals surface area contributed by atoms with Gasteiger partial charge < -0.3 is 20.3 Å². The van der Waals surface area contributed by atoms with Crippen molar-refractivity contribution in [1.29, 1.82) is 0 Å². The van der Waals surface area contributed by atoms with Crippen molar-refractivity contribution in [2.24, 2.45) is 5.92 Å². The summed E-state index contributed by atoms with van der Waals surface area (Å²) < 4.78 is 5.46. The maximum Gasteiger partial charge on any atom is 0.408 e. The maximum atomic E-state index is 14.2. The Bertz CT molecular complexity index is 943. The third-order valence-corrected chi connectivity index (χ3v) is 5.88. The quantitative estimate of drug-likeness (QED) is 0.230. The van der Waals surface area contributed by atoms with E-state index in [1.165, 1.54) is 0 Å². The van der Waals surface area contributed by atoms with Crippen molar-refractivity contribution in [2.75, 3.05) is 6.54 Å². The molecule has 7 heteroatoms. The summed E-state index contributed by atoms with van der Waals surface area (Å²) in [4.78, 5) is 42.2. The fraction of sp³-hybridized carbons (Fsp3) is 0.645. The van der Waals surface area contributed by atoms with E-state index in [1.807, 2.05) is 39.8 Å². The minimum Gasteiger partial charge on any atom is -0.444 e. The van der Waals surface area contributed by atoms with Gasteiger partial charge >= 0.3 is 6.09 Å². The molecule has 212 valence electrons. The number of hydrogen-bond acceptors (Lipinski definition) is 4. The first kappa shape index (κ1) is 33.0. The molecule has 0 bridgehead atoms. The van der Waals surface area contributed by atoms with Crippen LogP contribution >= 0.6 is 0 Å². The summed E-state index contributed by atoms with van der Waals surface area (Å²) >= 11 is 0. The van der Waals surface area contributed by atoms with Gasteiger partial charge in [0.1, 0.15) is 17.7 Å². The van der Waals surface area contributed by atoms with E-state index < -0.39 is 23.8 Å². The summed E-state index contributed by atoms with van der Waals surface area (Å²) in [6, 6.07) is 5.30. The molecule has 0 heterocycles. The minimum atomic E-state index is -0.932. The zero-order chi connectivity index (χ0) is 28.9. The maximum absolute atomic E-state index is 14.2. The number of hydrogen-bond donors (Lipinski definition) is 2. The molecule has 2 N–H and O–H groups in total. The Labute approximate surface area is 230 Å². The van der Waals surface area contributed by atoms with Crippen molar-refractivity contribution >= 4 is 17.9 Å². The Morgan fingerprint density at radius 2 is 1.63 bits per heavy atom. The molecule has 0 aromatic heterocycles. The number of carbonyl (C=O) groups is 3. The lowest BCUT2D eigenvalue weighted by molar-refractivity contribution is -0.143. The predicted octanol–water partition coefficient (Wildman–Crippen LogP) is 5.97. The molecule has 0 fully saturated rings. The number of rotatable bonds is 14. The van der Waals surface area contributed by atoms with Gasteiger partial charge in [-0.15, -0.1) is 6.42 Å². The lowest BCUT2D eigenvalue weighted by Gasteiger charge is -2.35. The molecule has 0 saturated carbocycles.